The van der Waals surface area contributed by atoms with Crippen LogP contribution >= 0.6 is 0 Å². The molecule has 2 amide bonds. The maximum atomic E-state index is 12.6. The minimum Gasteiger partial charge on any atom is -0.353 e. The minimum absolute atomic E-state index is 0.0420. The first-order valence-electron chi connectivity index (χ1n) is 11.0. The lowest BCUT2D eigenvalue weighted by Crippen LogP contribution is -2.36. The molecule has 0 radical (unpaired) electrons. The number of hydrogen-bond donors (Lipinski definition) is 2. The van der Waals surface area contributed by atoms with Gasteiger partial charge in [0.05, 0.1) is 11.4 Å². The van der Waals surface area contributed by atoms with Gasteiger partial charge in [0.25, 0.3) is 0 Å². The summed E-state index contributed by atoms with van der Waals surface area (Å²) in [6.07, 6.45) is 6.04. The molecule has 30 heavy (non-hydrogen) atoms. The summed E-state index contributed by atoms with van der Waals surface area (Å²) >= 11 is 0. The van der Waals surface area contributed by atoms with Crippen LogP contribution in [0, 0.1) is 6.92 Å². The Balaban J connectivity index is 1.66. The Morgan fingerprint density at radius 1 is 1.07 bits per heavy atom. The van der Waals surface area contributed by atoms with Crippen molar-refractivity contribution in [2.24, 2.45) is 0 Å². The predicted molar refractivity (Wildman–Crippen MR) is 120 cm³/mol. The smallest absolute Gasteiger partial charge is 0.226 e. The Bertz CT molecular complexity index is 889. The molecule has 2 N–H and O–H groups in total. The Morgan fingerprint density at radius 2 is 1.77 bits per heavy atom. The van der Waals surface area contributed by atoms with Gasteiger partial charge in [-0.15, -0.1) is 0 Å². The van der Waals surface area contributed by atoms with Gasteiger partial charge in [0.2, 0.25) is 11.8 Å². The van der Waals surface area contributed by atoms with Crippen molar-refractivity contribution in [3.8, 4) is 5.69 Å². The highest BCUT2D eigenvalue weighted by Gasteiger charge is 2.22. The van der Waals surface area contributed by atoms with E-state index in [1.165, 1.54) is 19.3 Å². The lowest BCUT2D eigenvalue weighted by atomic mass is 9.92. The van der Waals surface area contributed by atoms with Crippen LogP contribution in [0.3, 0.4) is 0 Å². The number of carbonyl (C=O) groups excluding carboxylic acids is 2. The molecule has 162 valence electrons. The van der Waals surface area contributed by atoms with E-state index >= 15 is 0 Å². The topological polar surface area (TPSA) is 76.0 Å². The number of carbonyl (C=O) groups is 2. The van der Waals surface area contributed by atoms with Gasteiger partial charge in [-0.3, -0.25) is 9.59 Å². The summed E-state index contributed by atoms with van der Waals surface area (Å²) in [6, 6.07) is 10.2. The maximum absolute atomic E-state index is 12.6. The molecule has 6 nitrogen and oxygen atoms in total. The molecule has 1 saturated carbocycles. The number of nitrogens with zero attached hydrogens (tertiary/aromatic N) is 2. The lowest BCUT2D eigenvalue weighted by molar-refractivity contribution is -0.125. The average Bonchev–Trinajstić information content (AvgIpc) is 3.11. The van der Waals surface area contributed by atoms with Crippen LogP contribution in [0.1, 0.15) is 77.0 Å². The van der Waals surface area contributed by atoms with Crippen LogP contribution in [-0.2, 0) is 15.0 Å². The molecule has 6 heteroatoms. The molecule has 0 atom stereocenters. The summed E-state index contributed by atoms with van der Waals surface area (Å²) in [5.41, 5.74) is 2.77. The number of rotatable bonds is 6. The Morgan fingerprint density at radius 3 is 2.43 bits per heavy atom. The highest BCUT2D eigenvalue weighted by Crippen LogP contribution is 2.26. The first-order chi connectivity index (χ1) is 14.2. The van der Waals surface area contributed by atoms with E-state index in [0.29, 0.717) is 5.82 Å². The molecule has 1 heterocycles. The van der Waals surface area contributed by atoms with Crippen molar-refractivity contribution in [3.05, 3.63) is 41.6 Å². The number of amides is 2. The van der Waals surface area contributed by atoms with Gasteiger partial charge >= 0.3 is 0 Å². The van der Waals surface area contributed by atoms with Crippen molar-refractivity contribution in [1.29, 1.82) is 0 Å². The van der Waals surface area contributed by atoms with Crippen molar-refractivity contribution < 1.29 is 9.59 Å². The Kier molecular flexibility index (Phi) is 6.95. The fraction of sp³-hybridized carbons (Fsp3) is 0.542. The largest absolute Gasteiger partial charge is 0.353 e. The molecular formula is C24H34N4O2. The molecule has 3 rings (SSSR count). The summed E-state index contributed by atoms with van der Waals surface area (Å²) in [7, 11) is 0. The fourth-order valence-electron chi connectivity index (χ4n) is 3.77. The summed E-state index contributed by atoms with van der Waals surface area (Å²) in [6.45, 7) is 8.31. The van der Waals surface area contributed by atoms with Crippen LogP contribution in [0.4, 0.5) is 5.82 Å². The molecule has 2 aromatic rings. The van der Waals surface area contributed by atoms with Gasteiger partial charge in [-0.05, 0) is 37.5 Å². The number of aryl methyl sites for hydroxylation is 1. The third kappa shape index (κ3) is 5.94. The van der Waals surface area contributed by atoms with E-state index < -0.39 is 0 Å². The zero-order valence-corrected chi connectivity index (χ0v) is 18.6. The molecule has 1 aromatic heterocycles. The van der Waals surface area contributed by atoms with Gasteiger partial charge in [0, 0.05) is 30.4 Å². The number of anilines is 1. The molecule has 1 aliphatic carbocycles. The van der Waals surface area contributed by atoms with Gasteiger partial charge < -0.3 is 10.6 Å². The molecule has 1 aromatic carbocycles. The maximum Gasteiger partial charge on any atom is 0.226 e. The van der Waals surface area contributed by atoms with Crippen LogP contribution in [0.2, 0.25) is 0 Å². The number of benzene rings is 1. The monoisotopic (exact) mass is 410 g/mol. The first-order valence-corrected chi connectivity index (χ1v) is 11.0. The van der Waals surface area contributed by atoms with Gasteiger partial charge in [0.1, 0.15) is 5.82 Å². The summed E-state index contributed by atoms with van der Waals surface area (Å²) in [5.74, 6) is 0.408. The molecule has 1 fully saturated rings. The van der Waals surface area contributed by atoms with Crippen molar-refractivity contribution in [2.75, 3.05) is 5.32 Å². The third-order valence-electron chi connectivity index (χ3n) is 5.54. The molecule has 0 bridgehead atoms. The van der Waals surface area contributed by atoms with E-state index in [2.05, 4.69) is 31.4 Å². The third-order valence-corrected chi connectivity index (χ3v) is 5.54. The van der Waals surface area contributed by atoms with Gasteiger partial charge in [-0.1, -0.05) is 52.2 Å². The van der Waals surface area contributed by atoms with Gasteiger partial charge in [-0.2, -0.15) is 5.10 Å². The van der Waals surface area contributed by atoms with Crippen molar-refractivity contribution in [3.63, 3.8) is 0 Å². The van der Waals surface area contributed by atoms with E-state index in [-0.39, 0.29) is 36.1 Å². The normalized spacial score (nSPS) is 15.1. The molecule has 1 aliphatic rings. The number of hydrogen-bond acceptors (Lipinski definition) is 3. The molecule has 0 aliphatic heterocycles. The lowest BCUT2D eigenvalue weighted by Gasteiger charge is -2.22. The zero-order valence-electron chi connectivity index (χ0n) is 18.6. The van der Waals surface area contributed by atoms with Crippen molar-refractivity contribution in [1.82, 2.24) is 15.1 Å². The molecule has 0 saturated heterocycles. The highest BCUT2D eigenvalue weighted by molar-refractivity contribution is 5.93. The van der Waals surface area contributed by atoms with E-state index in [9.17, 15) is 9.59 Å². The van der Waals surface area contributed by atoms with Crippen LogP contribution in [0.5, 0.6) is 0 Å². The van der Waals surface area contributed by atoms with Crippen LogP contribution in [0.25, 0.3) is 5.69 Å². The van der Waals surface area contributed by atoms with Crippen LogP contribution in [-0.4, -0.2) is 27.6 Å². The van der Waals surface area contributed by atoms with Gasteiger partial charge in [-0.25, -0.2) is 4.68 Å². The Labute approximate surface area is 179 Å². The average molecular weight is 411 g/mol. The van der Waals surface area contributed by atoms with Gasteiger partial charge in [0.15, 0.2) is 0 Å². The molecule has 0 unspecified atom stereocenters. The summed E-state index contributed by atoms with van der Waals surface area (Å²) in [5, 5.41) is 10.8. The fourth-order valence-corrected chi connectivity index (χ4v) is 3.77. The second-order valence-electron chi connectivity index (χ2n) is 9.37. The van der Waals surface area contributed by atoms with Crippen LogP contribution < -0.4 is 10.6 Å². The van der Waals surface area contributed by atoms with Crippen LogP contribution in [0.15, 0.2) is 30.3 Å². The minimum atomic E-state index is -0.178. The SMILES string of the molecule is Cc1cccc(-n2nc(C(C)(C)C)cc2NC(=O)CCC(=O)NC2CCCCC2)c1. The Hall–Kier alpha value is -2.63. The van der Waals surface area contributed by atoms with E-state index in [4.69, 9.17) is 5.10 Å². The standard InChI is InChI=1S/C24H34N4O2/c1-17-9-8-12-19(15-17)28-21(16-20(27-28)24(2,3)4)26-23(30)14-13-22(29)25-18-10-6-5-7-11-18/h8-9,12,15-16,18H,5-7,10-11,13-14H2,1-4H3,(H,25,29)(H,26,30). The predicted octanol–water partition coefficient (Wildman–Crippen LogP) is 4.65. The van der Waals surface area contributed by atoms with E-state index in [0.717, 1.165) is 29.8 Å². The number of aromatic nitrogens is 2. The first kappa shape index (κ1) is 22.1. The molecular weight excluding hydrogens is 376 g/mol. The van der Waals surface area contributed by atoms with E-state index in [1.54, 1.807) is 4.68 Å². The quantitative estimate of drug-likeness (QED) is 0.728. The summed E-state index contributed by atoms with van der Waals surface area (Å²) < 4.78 is 1.77. The second kappa shape index (κ2) is 9.45. The van der Waals surface area contributed by atoms with E-state index in [1.807, 2.05) is 37.3 Å². The number of nitrogens with one attached hydrogen (secondary N) is 2. The second-order valence-corrected chi connectivity index (χ2v) is 9.37. The molecule has 0 spiro atoms. The zero-order chi connectivity index (χ0) is 21.7. The van der Waals surface area contributed by atoms with Crippen molar-refractivity contribution >= 4 is 17.6 Å². The highest BCUT2D eigenvalue weighted by atomic mass is 16.2. The van der Waals surface area contributed by atoms with Crippen molar-refractivity contribution in [2.45, 2.75) is 84.1 Å². The summed E-state index contributed by atoms with van der Waals surface area (Å²) in [4.78, 5) is 24.8.